The first-order valence-electron chi connectivity index (χ1n) is 7.95. The van der Waals surface area contributed by atoms with Crippen molar-refractivity contribution in [2.24, 2.45) is 0 Å². The fourth-order valence-corrected chi connectivity index (χ4v) is 2.15. The number of carbonyl (C=O) groups is 2. The molecule has 8 heteroatoms. The molecule has 0 aromatic heterocycles. The first-order chi connectivity index (χ1) is 12.4. The topological polar surface area (TPSA) is 79.5 Å². The van der Waals surface area contributed by atoms with Crippen LogP contribution in [0.25, 0.3) is 0 Å². The second-order valence-electron chi connectivity index (χ2n) is 5.42. The summed E-state index contributed by atoms with van der Waals surface area (Å²) < 4.78 is 31.0. The van der Waals surface area contributed by atoms with E-state index in [9.17, 15) is 18.4 Å². The number of amides is 3. The molecule has 0 aliphatic rings. The van der Waals surface area contributed by atoms with Crippen LogP contribution in [0.2, 0.25) is 0 Å². The molecular weight excluding hydrogens is 344 g/mol. The SMILES string of the molecule is CCOC(=O)Nc1ccc(NC(=O)N[C@@H](C)c2ccc(F)c(F)c2)cc1. The second-order valence-corrected chi connectivity index (χ2v) is 5.42. The summed E-state index contributed by atoms with van der Waals surface area (Å²) in [6.07, 6.45) is -0.564. The highest BCUT2D eigenvalue weighted by molar-refractivity contribution is 5.90. The molecule has 2 aromatic carbocycles. The number of urea groups is 1. The fraction of sp³-hybridized carbons (Fsp3) is 0.222. The molecule has 0 heterocycles. The normalized spacial score (nSPS) is 11.4. The monoisotopic (exact) mass is 363 g/mol. The Labute approximate surface area is 149 Å². The van der Waals surface area contributed by atoms with Crippen LogP contribution in [0.15, 0.2) is 42.5 Å². The van der Waals surface area contributed by atoms with Gasteiger partial charge < -0.3 is 15.4 Å². The molecule has 0 bridgehead atoms. The Balaban J connectivity index is 1.90. The Morgan fingerprint density at radius 1 is 1.00 bits per heavy atom. The van der Waals surface area contributed by atoms with Crippen molar-refractivity contribution in [1.82, 2.24) is 5.32 Å². The number of carbonyl (C=O) groups excluding carboxylic acids is 2. The molecule has 2 rings (SSSR count). The maximum absolute atomic E-state index is 13.3. The summed E-state index contributed by atoms with van der Waals surface area (Å²) in [6.45, 7) is 3.62. The van der Waals surface area contributed by atoms with Crippen molar-refractivity contribution in [3.8, 4) is 0 Å². The van der Waals surface area contributed by atoms with E-state index in [4.69, 9.17) is 4.74 Å². The van der Waals surface area contributed by atoms with E-state index >= 15 is 0 Å². The van der Waals surface area contributed by atoms with Gasteiger partial charge in [-0.3, -0.25) is 5.32 Å². The molecule has 0 saturated heterocycles. The summed E-state index contributed by atoms with van der Waals surface area (Å²) >= 11 is 0. The van der Waals surface area contributed by atoms with E-state index in [1.807, 2.05) is 0 Å². The number of benzene rings is 2. The third-order valence-corrected chi connectivity index (χ3v) is 3.46. The van der Waals surface area contributed by atoms with Crippen LogP contribution in [-0.2, 0) is 4.74 Å². The number of rotatable bonds is 5. The zero-order valence-corrected chi connectivity index (χ0v) is 14.3. The van der Waals surface area contributed by atoms with Gasteiger partial charge >= 0.3 is 12.1 Å². The minimum Gasteiger partial charge on any atom is -0.450 e. The molecule has 6 nitrogen and oxygen atoms in total. The summed E-state index contributed by atoms with van der Waals surface area (Å²) in [5, 5.41) is 7.77. The Kier molecular flexibility index (Phi) is 6.48. The molecule has 26 heavy (non-hydrogen) atoms. The predicted molar refractivity (Wildman–Crippen MR) is 94.0 cm³/mol. The van der Waals surface area contributed by atoms with Crippen LogP contribution in [-0.4, -0.2) is 18.7 Å². The van der Waals surface area contributed by atoms with Gasteiger partial charge in [0.15, 0.2) is 11.6 Å². The van der Waals surface area contributed by atoms with Crippen molar-refractivity contribution < 1.29 is 23.1 Å². The lowest BCUT2D eigenvalue weighted by Gasteiger charge is -2.15. The van der Waals surface area contributed by atoms with Gasteiger partial charge in [0.25, 0.3) is 0 Å². The molecule has 138 valence electrons. The van der Waals surface area contributed by atoms with Crippen molar-refractivity contribution in [2.45, 2.75) is 19.9 Å². The number of anilines is 2. The van der Waals surface area contributed by atoms with Crippen molar-refractivity contribution >= 4 is 23.5 Å². The van der Waals surface area contributed by atoms with E-state index in [0.717, 1.165) is 12.1 Å². The van der Waals surface area contributed by atoms with Crippen molar-refractivity contribution in [2.75, 3.05) is 17.2 Å². The lowest BCUT2D eigenvalue weighted by Crippen LogP contribution is -2.31. The van der Waals surface area contributed by atoms with E-state index in [-0.39, 0.29) is 6.61 Å². The summed E-state index contributed by atoms with van der Waals surface area (Å²) in [5.41, 5.74) is 1.45. The highest BCUT2D eigenvalue weighted by Gasteiger charge is 2.12. The number of hydrogen-bond acceptors (Lipinski definition) is 3. The van der Waals surface area contributed by atoms with Gasteiger partial charge in [-0.1, -0.05) is 6.07 Å². The van der Waals surface area contributed by atoms with Crippen LogP contribution in [0.3, 0.4) is 0 Å². The number of ether oxygens (including phenoxy) is 1. The van der Waals surface area contributed by atoms with Gasteiger partial charge in [0.1, 0.15) is 0 Å². The molecule has 0 saturated carbocycles. The van der Waals surface area contributed by atoms with Gasteiger partial charge in [-0.15, -0.1) is 0 Å². The largest absolute Gasteiger partial charge is 0.450 e. The van der Waals surface area contributed by atoms with Crippen LogP contribution in [0.1, 0.15) is 25.5 Å². The maximum Gasteiger partial charge on any atom is 0.411 e. The molecule has 3 amide bonds. The Hall–Kier alpha value is -3.16. The summed E-state index contributed by atoms with van der Waals surface area (Å²) in [6, 6.07) is 8.83. The molecule has 0 radical (unpaired) electrons. The smallest absolute Gasteiger partial charge is 0.411 e. The molecule has 0 spiro atoms. The number of halogens is 2. The van der Waals surface area contributed by atoms with Crippen molar-refractivity contribution in [3.05, 3.63) is 59.7 Å². The molecule has 2 aromatic rings. The standard InChI is InChI=1S/C18H19F2N3O3/c1-3-26-18(25)23-14-7-5-13(6-8-14)22-17(24)21-11(2)12-4-9-15(19)16(20)10-12/h4-11H,3H2,1-2H3,(H,23,25)(H2,21,22,24)/t11-/m0/s1. The Morgan fingerprint density at radius 3 is 2.19 bits per heavy atom. The van der Waals surface area contributed by atoms with Crippen LogP contribution in [0, 0.1) is 11.6 Å². The Bertz CT molecular complexity index is 782. The van der Waals surface area contributed by atoms with Gasteiger partial charge in [-0.25, -0.2) is 18.4 Å². The quantitative estimate of drug-likeness (QED) is 0.736. The highest BCUT2D eigenvalue weighted by atomic mass is 19.2. The molecule has 1 atom stereocenters. The minimum absolute atomic E-state index is 0.266. The van der Waals surface area contributed by atoms with E-state index < -0.39 is 29.8 Å². The number of nitrogens with one attached hydrogen (secondary N) is 3. The van der Waals surface area contributed by atoms with E-state index in [0.29, 0.717) is 16.9 Å². The lowest BCUT2D eigenvalue weighted by molar-refractivity contribution is 0.168. The average Bonchev–Trinajstić information content (AvgIpc) is 2.59. The third-order valence-electron chi connectivity index (χ3n) is 3.46. The minimum atomic E-state index is -0.971. The van der Waals surface area contributed by atoms with Gasteiger partial charge in [-0.05, 0) is 55.8 Å². The average molecular weight is 363 g/mol. The molecule has 0 aliphatic carbocycles. The van der Waals surface area contributed by atoms with Crippen molar-refractivity contribution in [1.29, 1.82) is 0 Å². The molecule has 0 fully saturated rings. The van der Waals surface area contributed by atoms with Crippen LogP contribution >= 0.6 is 0 Å². The zero-order valence-electron chi connectivity index (χ0n) is 14.3. The van der Waals surface area contributed by atoms with Gasteiger partial charge in [0.2, 0.25) is 0 Å². The molecule has 0 aliphatic heterocycles. The zero-order chi connectivity index (χ0) is 19.1. The summed E-state index contributed by atoms with van der Waals surface area (Å²) in [5.74, 6) is -1.91. The summed E-state index contributed by atoms with van der Waals surface area (Å²) in [7, 11) is 0. The van der Waals surface area contributed by atoms with Gasteiger partial charge in [0, 0.05) is 11.4 Å². The second kappa shape index (κ2) is 8.80. The van der Waals surface area contributed by atoms with Gasteiger partial charge in [-0.2, -0.15) is 0 Å². The maximum atomic E-state index is 13.3. The fourth-order valence-electron chi connectivity index (χ4n) is 2.15. The first kappa shape index (κ1) is 19.2. The van der Waals surface area contributed by atoms with Crippen LogP contribution in [0.4, 0.5) is 29.7 Å². The molecule has 0 unspecified atom stereocenters. The van der Waals surface area contributed by atoms with E-state index in [2.05, 4.69) is 16.0 Å². The molecule has 3 N–H and O–H groups in total. The predicted octanol–water partition coefficient (Wildman–Crippen LogP) is 4.42. The van der Waals surface area contributed by atoms with Crippen LogP contribution in [0.5, 0.6) is 0 Å². The summed E-state index contributed by atoms with van der Waals surface area (Å²) in [4.78, 5) is 23.3. The third kappa shape index (κ3) is 5.44. The lowest BCUT2D eigenvalue weighted by atomic mass is 10.1. The van der Waals surface area contributed by atoms with E-state index in [1.165, 1.54) is 6.07 Å². The molecular formula is C18H19F2N3O3. The van der Waals surface area contributed by atoms with Gasteiger partial charge in [0.05, 0.1) is 12.6 Å². The first-order valence-corrected chi connectivity index (χ1v) is 7.95. The van der Waals surface area contributed by atoms with Crippen LogP contribution < -0.4 is 16.0 Å². The van der Waals surface area contributed by atoms with Crippen molar-refractivity contribution in [3.63, 3.8) is 0 Å². The number of hydrogen-bond donors (Lipinski definition) is 3. The Morgan fingerprint density at radius 2 is 1.62 bits per heavy atom. The van der Waals surface area contributed by atoms with E-state index in [1.54, 1.807) is 38.1 Å². The highest BCUT2D eigenvalue weighted by Crippen LogP contribution is 2.17.